The summed E-state index contributed by atoms with van der Waals surface area (Å²) in [5, 5.41) is 25.4. The lowest BCUT2D eigenvalue weighted by Gasteiger charge is -2.26. The van der Waals surface area contributed by atoms with Crippen LogP contribution in [0.15, 0.2) is 41.2 Å². The molecule has 0 atom stereocenters. The normalized spacial score (nSPS) is 14.3. The zero-order chi connectivity index (χ0) is 23.2. The third kappa shape index (κ3) is 5.96. The summed E-state index contributed by atoms with van der Waals surface area (Å²) in [6.07, 6.45) is 3.42. The Bertz CT molecular complexity index is 1100. The third-order valence-electron chi connectivity index (χ3n) is 5.32. The summed E-state index contributed by atoms with van der Waals surface area (Å²) in [6.45, 7) is 4.47. The number of nitrogens with zero attached hydrogens (tertiary/aromatic N) is 4. The first-order chi connectivity index (χ1) is 16.0. The van der Waals surface area contributed by atoms with Crippen LogP contribution in [0.2, 0.25) is 0 Å². The Morgan fingerprint density at radius 3 is 2.58 bits per heavy atom. The number of hydrogen-bond donors (Lipinski definition) is 3. The number of benzene rings is 1. The highest BCUT2D eigenvalue weighted by atomic mass is 16.5. The van der Waals surface area contributed by atoms with Gasteiger partial charge in [0.05, 0.1) is 18.9 Å². The van der Waals surface area contributed by atoms with Crippen molar-refractivity contribution >= 4 is 17.6 Å². The molecule has 1 fully saturated rings. The van der Waals surface area contributed by atoms with Crippen molar-refractivity contribution in [1.29, 1.82) is 0 Å². The molecule has 0 spiro atoms. The van der Waals surface area contributed by atoms with Gasteiger partial charge in [0, 0.05) is 57.0 Å². The number of ether oxygens (including phenoxy) is 1. The molecule has 0 bridgehead atoms. The molecule has 11 nitrogen and oxygen atoms in total. The van der Waals surface area contributed by atoms with E-state index in [0.717, 1.165) is 19.6 Å². The number of morpholine rings is 1. The fourth-order valence-electron chi connectivity index (χ4n) is 3.51. The molecule has 0 radical (unpaired) electrons. The highest BCUT2D eigenvalue weighted by Crippen LogP contribution is 2.20. The van der Waals surface area contributed by atoms with E-state index in [1.807, 2.05) is 0 Å². The van der Waals surface area contributed by atoms with Gasteiger partial charge in [-0.15, -0.1) is 0 Å². The van der Waals surface area contributed by atoms with Crippen LogP contribution in [0, 0.1) is 0 Å². The Kier molecular flexibility index (Phi) is 7.01. The van der Waals surface area contributed by atoms with E-state index in [0.29, 0.717) is 31.1 Å². The van der Waals surface area contributed by atoms with Crippen molar-refractivity contribution in [3.63, 3.8) is 0 Å². The van der Waals surface area contributed by atoms with Gasteiger partial charge in [-0.1, -0.05) is 5.16 Å². The first kappa shape index (κ1) is 22.5. The molecule has 174 valence electrons. The average Bonchev–Trinajstić information content (AvgIpc) is 3.45. The van der Waals surface area contributed by atoms with Crippen molar-refractivity contribution in [2.24, 2.45) is 0 Å². The maximum Gasteiger partial charge on any atom is 0.339 e. The summed E-state index contributed by atoms with van der Waals surface area (Å²) in [6, 6.07) is 6.36. The van der Waals surface area contributed by atoms with Crippen LogP contribution in [0.1, 0.15) is 22.7 Å². The molecule has 1 aliphatic heterocycles. The first-order valence-corrected chi connectivity index (χ1v) is 10.6. The number of aromatic carboxylic acids is 1. The van der Waals surface area contributed by atoms with Crippen LogP contribution >= 0.6 is 0 Å². The van der Waals surface area contributed by atoms with Crippen LogP contribution in [0.5, 0.6) is 5.75 Å². The summed E-state index contributed by atoms with van der Waals surface area (Å²) in [7, 11) is 0. The maximum atomic E-state index is 12.4. The Morgan fingerprint density at radius 1 is 1.09 bits per heavy atom. The molecule has 3 aromatic rings. The summed E-state index contributed by atoms with van der Waals surface area (Å²) < 4.78 is 12.3. The number of rotatable bonds is 9. The SMILES string of the molecule is O=C(CCc1nc(-c2ccc(O)cc2)no1)Nc1cn(CCN2CCOCC2)cc1C(=O)O. The van der Waals surface area contributed by atoms with Gasteiger partial charge in [-0.25, -0.2) is 4.79 Å². The monoisotopic (exact) mass is 455 g/mol. The Morgan fingerprint density at radius 2 is 1.85 bits per heavy atom. The van der Waals surface area contributed by atoms with Crippen LogP contribution in [-0.2, 0) is 22.5 Å². The topological polar surface area (TPSA) is 143 Å². The molecule has 2 aromatic heterocycles. The van der Waals surface area contributed by atoms with Crippen LogP contribution in [0.25, 0.3) is 11.4 Å². The maximum absolute atomic E-state index is 12.4. The molecule has 1 aliphatic rings. The smallest absolute Gasteiger partial charge is 0.339 e. The minimum absolute atomic E-state index is 0.0396. The number of carbonyl (C=O) groups excluding carboxylic acids is 1. The van der Waals surface area contributed by atoms with Crippen LogP contribution in [-0.4, -0.2) is 74.5 Å². The molecule has 33 heavy (non-hydrogen) atoms. The van der Waals surface area contributed by atoms with Gasteiger partial charge in [0.1, 0.15) is 11.3 Å². The van der Waals surface area contributed by atoms with E-state index in [-0.39, 0.29) is 41.6 Å². The number of aromatic nitrogens is 3. The van der Waals surface area contributed by atoms with E-state index >= 15 is 0 Å². The summed E-state index contributed by atoms with van der Waals surface area (Å²) in [5.41, 5.74) is 0.972. The van der Waals surface area contributed by atoms with Crippen molar-refractivity contribution in [3.05, 3.63) is 48.1 Å². The van der Waals surface area contributed by atoms with E-state index in [4.69, 9.17) is 9.26 Å². The highest BCUT2D eigenvalue weighted by Gasteiger charge is 2.18. The highest BCUT2D eigenvalue weighted by molar-refractivity contribution is 6.00. The Hall–Kier alpha value is -3.70. The number of amides is 1. The minimum Gasteiger partial charge on any atom is -0.508 e. The van der Waals surface area contributed by atoms with E-state index < -0.39 is 5.97 Å². The number of anilines is 1. The molecule has 4 rings (SSSR count). The first-order valence-electron chi connectivity index (χ1n) is 10.6. The Balaban J connectivity index is 1.32. The number of aryl methyl sites for hydroxylation is 1. The van der Waals surface area contributed by atoms with Gasteiger partial charge in [0.2, 0.25) is 17.6 Å². The minimum atomic E-state index is -1.11. The lowest BCUT2D eigenvalue weighted by Crippen LogP contribution is -2.38. The Labute approximate surface area is 189 Å². The summed E-state index contributed by atoms with van der Waals surface area (Å²) in [5.74, 6) is -0.681. The molecule has 0 saturated carbocycles. The van der Waals surface area contributed by atoms with E-state index in [2.05, 4.69) is 20.4 Å². The quantitative estimate of drug-likeness (QED) is 0.440. The second-order valence-corrected chi connectivity index (χ2v) is 7.69. The van der Waals surface area contributed by atoms with Crippen molar-refractivity contribution in [1.82, 2.24) is 19.6 Å². The standard InChI is InChI=1S/C22H25N5O6/c28-16-3-1-15(2-4-16)21-24-20(33-25-21)6-5-19(29)23-18-14-27(13-17(18)22(30)31)8-7-26-9-11-32-12-10-26/h1-4,13-14,28H,5-12H2,(H,23,29)(H,30,31). The van der Waals surface area contributed by atoms with E-state index in [1.165, 1.54) is 18.3 Å². The van der Waals surface area contributed by atoms with Gasteiger partial charge in [-0.2, -0.15) is 4.98 Å². The van der Waals surface area contributed by atoms with Crippen LogP contribution in [0.3, 0.4) is 0 Å². The lowest BCUT2D eigenvalue weighted by atomic mass is 10.2. The second-order valence-electron chi connectivity index (χ2n) is 7.69. The number of carboxylic acids is 1. The zero-order valence-corrected chi connectivity index (χ0v) is 17.9. The third-order valence-corrected chi connectivity index (χ3v) is 5.32. The van der Waals surface area contributed by atoms with Crippen molar-refractivity contribution in [3.8, 4) is 17.1 Å². The molecule has 1 amide bonds. The van der Waals surface area contributed by atoms with Gasteiger partial charge in [-0.05, 0) is 24.3 Å². The number of hydrogen-bond acceptors (Lipinski definition) is 8. The van der Waals surface area contributed by atoms with Crippen LogP contribution < -0.4 is 5.32 Å². The fraction of sp³-hybridized carbons (Fsp3) is 0.364. The second kappa shape index (κ2) is 10.3. The summed E-state index contributed by atoms with van der Waals surface area (Å²) in [4.78, 5) is 30.6. The molecular formula is C22H25N5O6. The molecule has 0 aliphatic carbocycles. The number of aromatic hydroxyl groups is 1. The predicted octanol–water partition coefficient (Wildman–Crippen LogP) is 1.85. The predicted molar refractivity (Wildman–Crippen MR) is 117 cm³/mol. The number of phenols is 1. The van der Waals surface area contributed by atoms with E-state index in [9.17, 15) is 19.8 Å². The van der Waals surface area contributed by atoms with Crippen LogP contribution in [0.4, 0.5) is 5.69 Å². The van der Waals surface area contributed by atoms with Crippen molar-refractivity contribution in [2.45, 2.75) is 19.4 Å². The molecule has 1 saturated heterocycles. The van der Waals surface area contributed by atoms with Gasteiger partial charge in [0.15, 0.2) is 0 Å². The number of carbonyl (C=O) groups is 2. The number of phenolic OH excluding ortho intramolecular Hbond substituents is 1. The zero-order valence-electron chi connectivity index (χ0n) is 17.9. The molecular weight excluding hydrogens is 430 g/mol. The van der Waals surface area contributed by atoms with Gasteiger partial charge < -0.3 is 29.4 Å². The molecule has 11 heteroatoms. The van der Waals surface area contributed by atoms with Gasteiger partial charge in [0.25, 0.3) is 0 Å². The molecule has 0 unspecified atom stereocenters. The van der Waals surface area contributed by atoms with Crippen molar-refractivity contribution < 1.29 is 29.1 Å². The molecule has 1 aromatic carbocycles. The summed E-state index contributed by atoms with van der Waals surface area (Å²) >= 11 is 0. The van der Waals surface area contributed by atoms with Gasteiger partial charge in [-0.3, -0.25) is 9.69 Å². The van der Waals surface area contributed by atoms with Gasteiger partial charge >= 0.3 is 5.97 Å². The largest absolute Gasteiger partial charge is 0.508 e. The van der Waals surface area contributed by atoms with Crippen molar-refractivity contribution in [2.75, 3.05) is 38.2 Å². The van der Waals surface area contributed by atoms with E-state index in [1.54, 1.807) is 22.9 Å². The fourth-order valence-corrected chi connectivity index (χ4v) is 3.51. The lowest BCUT2D eigenvalue weighted by molar-refractivity contribution is -0.116. The number of carboxylic acid groups (broad SMARTS) is 1. The average molecular weight is 455 g/mol. The number of nitrogens with one attached hydrogen (secondary N) is 1. The molecule has 3 heterocycles. The molecule has 3 N–H and O–H groups in total.